The number of rotatable bonds is 4. The van der Waals surface area contributed by atoms with Crippen LogP contribution in [0.3, 0.4) is 0 Å². The highest BCUT2D eigenvalue weighted by Crippen LogP contribution is 2.33. The van der Waals surface area contributed by atoms with Crippen LogP contribution in [0.1, 0.15) is 23.4 Å². The van der Waals surface area contributed by atoms with Gasteiger partial charge in [-0.1, -0.05) is 0 Å². The molecule has 3 heterocycles. The average molecular weight is 508 g/mol. The summed E-state index contributed by atoms with van der Waals surface area (Å²) < 4.78 is 10.9. The molecule has 2 fully saturated rings. The molecule has 2 aliphatic rings. The third kappa shape index (κ3) is 5.54. The van der Waals surface area contributed by atoms with Gasteiger partial charge in [-0.3, -0.25) is 9.79 Å². The molecule has 0 spiro atoms. The fraction of sp³-hybridized carbons (Fsp3) is 0.667. The molecule has 1 N–H and O–H groups in total. The second-order valence-corrected chi connectivity index (χ2v) is 7.93. The highest BCUT2D eigenvalue weighted by Gasteiger charge is 2.33. The maximum absolute atomic E-state index is 12.4. The van der Waals surface area contributed by atoms with E-state index in [1.165, 1.54) is 6.26 Å². The lowest BCUT2D eigenvalue weighted by Crippen LogP contribution is -2.55. The quantitative estimate of drug-likeness (QED) is 0.382. The number of thioether (sulfide) groups is 1. The van der Waals surface area contributed by atoms with Crippen LogP contribution in [0.4, 0.5) is 0 Å². The van der Waals surface area contributed by atoms with E-state index in [1.54, 1.807) is 12.1 Å². The highest BCUT2D eigenvalue weighted by molar-refractivity contribution is 14.0. The van der Waals surface area contributed by atoms with Gasteiger partial charge in [0.05, 0.1) is 6.26 Å². The van der Waals surface area contributed by atoms with E-state index in [2.05, 4.69) is 21.5 Å². The molecule has 0 bridgehead atoms. The van der Waals surface area contributed by atoms with E-state index in [-0.39, 0.29) is 34.6 Å². The monoisotopic (exact) mass is 508 g/mol. The van der Waals surface area contributed by atoms with Crippen molar-refractivity contribution < 1.29 is 13.9 Å². The van der Waals surface area contributed by atoms with E-state index < -0.39 is 0 Å². The first kappa shape index (κ1) is 22.4. The van der Waals surface area contributed by atoms with Gasteiger partial charge in [-0.2, -0.15) is 11.8 Å². The Morgan fingerprint density at radius 1 is 1.26 bits per heavy atom. The van der Waals surface area contributed by atoms with Crippen LogP contribution in [-0.4, -0.2) is 85.7 Å². The minimum atomic E-state index is -0.0406. The second-order valence-electron chi connectivity index (χ2n) is 6.66. The molecule has 2 aliphatic heterocycles. The Balaban J connectivity index is 0.00000261. The van der Waals surface area contributed by atoms with Crippen LogP contribution in [0.5, 0.6) is 0 Å². The lowest BCUT2D eigenvalue weighted by atomic mass is 9.99. The van der Waals surface area contributed by atoms with Crippen molar-refractivity contribution in [3.05, 3.63) is 24.2 Å². The van der Waals surface area contributed by atoms with Gasteiger partial charge in [-0.15, -0.1) is 24.0 Å². The van der Waals surface area contributed by atoms with E-state index in [0.717, 1.165) is 51.6 Å². The van der Waals surface area contributed by atoms with E-state index in [0.29, 0.717) is 18.8 Å². The van der Waals surface area contributed by atoms with Crippen LogP contribution >= 0.6 is 35.7 Å². The Morgan fingerprint density at radius 3 is 2.48 bits per heavy atom. The fourth-order valence-corrected chi connectivity index (χ4v) is 4.24. The number of aliphatic imine (C=N–C) groups is 1. The molecular weight excluding hydrogens is 479 g/mol. The molecule has 152 valence electrons. The molecule has 1 amide bonds. The smallest absolute Gasteiger partial charge is 0.289 e. The number of nitrogens with zero attached hydrogens (tertiary/aromatic N) is 3. The first-order valence-electron chi connectivity index (χ1n) is 9.09. The number of amides is 1. The Hall–Kier alpha value is -0.940. The molecule has 9 heteroatoms. The van der Waals surface area contributed by atoms with Gasteiger partial charge in [0, 0.05) is 57.7 Å². The molecule has 0 saturated carbocycles. The van der Waals surface area contributed by atoms with Crippen LogP contribution in [0.2, 0.25) is 0 Å². The Labute approximate surface area is 182 Å². The molecule has 7 nitrogen and oxygen atoms in total. The number of piperazine rings is 1. The number of carbonyl (C=O) groups is 1. The average Bonchev–Trinajstić information content (AvgIpc) is 3.24. The zero-order valence-corrected chi connectivity index (χ0v) is 19.1. The maximum Gasteiger partial charge on any atom is 0.289 e. The predicted molar refractivity (Wildman–Crippen MR) is 119 cm³/mol. The number of halogens is 1. The van der Waals surface area contributed by atoms with Crippen molar-refractivity contribution in [3.8, 4) is 0 Å². The van der Waals surface area contributed by atoms with Crippen LogP contribution in [0.25, 0.3) is 0 Å². The van der Waals surface area contributed by atoms with E-state index in [1.807, 2.05) is 23.7 Å². The molecule has 0 radical (unpaired) electrons. The summed E-state index contributed by atoms with van der Waals surface area (Å²) in [6, 6.07) is 3.46. The lowest BCUT2D eigenvalue weighted by molar-refractivity contribution is 0.0656. The van der Waals surface area contributed by atoms with Crippen LogP contribution < -0.4 is 5.32 Å². The molecule has 2 saturated heterocycles. The number of hydrogen-bond acceptors (Lipinski definition) is 5. The Morgan fingerprint density at radius 2 is 1.93 bits per heavy atom. The second kappa shape index (κ2) is 10.6. The summed E-state index contributed by atoms with van der Waals surface area (Å²) in [7, 11) is 1.82. The molecule has 0 unspecified atom stereocenters. The molecule has 3 rings (SSSR count). The molecule has 0 atom stereocenters. The maximum atomic E-state index is 12.4. The van der Waals surface area contributed by atoms with Crippen molar-refractivity contribution in [3.63, 3.8) is 0 Å². The number of carbonyl (C=O) groups excluding carboxylic acids is 1. The number of furan rings is 1. The molecule has 0 aliphatic carbocycles. The topological polar surface area (TPSA) is 70.3 Å². The summed E-state index contributed by atoms with van der Waals surface area (Å²) >= 11 is 1.92. The standard InChI is InChI=1S/C18H28N4O3S.HI/c1-19-17(20-14-18(26-2)5-12-24-13-6-18)22-9-7-21(8-10-22)16(23)15-4-3-11-25-15;/h3-4,11H,5-10,12-14H2,1-2H3,(H,19,20);1H. The van der Waals surface area contributed by atoms with Gasteiger partial charge in [0.25, 0.3) is 5.91 Å². The lowest BCUT2D eigenvalue weighted by Gasteiger charge is -2.39. The SMILES string of the molecule is CN=C(NCC1(SC)CCOCC1)N1CCN(C(=O)c2ccco2)CC1.I. The van der Waals surface area contributed by atoms with Crippen molar-refractivity contribution in [2.75, 3.05) is 59.2 Å². The van der Waals surface area contributed by atoms with E-state index in [9.17, 15) is 4.79 Å². The predicted octanol–water partition coefficient (Wildman–Crippen LogP) is 2.14. The summed E-state index contributed by atoms with van der Waals surface area (Å²) in [4.78, 5) is 20.9. The number of ether oxygens (including phenoxy) is 1. The highest BCUT2D eigenvalue weighted by atomic mass is 127. The van der Waals surface area contributed by atoms with Gasteiger partial charge in [0.15, 0.2) is 11.7 Å². The molecule has 1 aromatic rings. The van der Waals surface area contributed by atoms with Crippen molar-refractivity contribution >= 4 is 47.6 Å². The third-order valence-electron chi connectivity index (χ3n) is 5.22. The summed E-state index contributed by atoms with van der Waals surface area (Å²) in [6.45, 7) is 5.41. The largest absolute Gasteiger partial charge is 0.459 e. The Kier molecular flexibility index (Phi) is 8.74. The van der Waals surface area contributed by atoms with Crippen LogP contribution in [-0.2, 0) is 4.74 Å². The van der Waals surface area contributed by atoms with Crippen LogP contribution in [0, 0.1) is 0 Å². The molecule has 0 aromatic carbocycles. The van der Waals surface area contributed by atoms with Gasteiger partial charge in [0.2, 0.25) is 0 Å². The van der Waals surface area contributed by atoms with Crippen LogP contribution in [0.15, 0.2) is 27.8 Å². The third-order valence-corrected chi connectivity index (χ3v) is 6.63. The van der Waals surface area contributed by atoms with Crippen molar-refractivity contribution in [2.45, 2.75) is 17.6 Å². The molecular formula is C18H29IN4O3S. The van der Waals surface area contributed by atoms with Gasteiger partial charge in [-0.05, 0) is 31.2 Å². The summed E-state index contributed by atoms with van der Waals surface area (Å²) in [5.74, 6) is 1.28. The van der Waals surface area contributed by atoms with E-state index >= 15 is 0 Å². The zero-order valence-electron chi connectivity index (χ0n) is 16.0. The van der Waals surface area contributed by atoms with Gasteiger partial charge in [-0.25, -0.2) is 0 Å². The summed E-state index contributed by atoms with van der Waals surface area (Å²) in [6.07, 6.45) is 5.83. The molecule has 27 heavy (non-hydrogen) atoms. The number of guanidine groups is 1. The van der Waals surface area contributed by atoms with E-state index in [4.69, 9.17) is 9.15 Å². The number of nitrogens with one attached hydrogen (secondary N) is 1. The van der Waals surface area contributed by atoms with Gasteiger partial charge in [0.1, 0.15) is 0 Å². The number of hydrogen-bond donors (Lipinski definition) is 1. The van der Waals surface area contributed by atoms with Gasteiger partial charge >= 0.3 is 0 Å². The molecule has 1 aromatic heterocycles. The summed E-state index contributed by atoms with van der Waals surface area (Å²) in [5.41, 5.74) is 0. The van der Waals surface area contributed by atoms with Crippen molar-refractivity contribution in [2.24, 2.45) is 4.99 Å². The van der Waals surface area contributed by atoms with Gasteiger partial charge < -0.3 is 24.3 Å². The normalized spacial score (nSPS) is 20.1. The van der Waals surface area contributed by atoms with Crippen molar-refractivity contribution in [1.29, 1.82) is 0 Å². The van der Waals surface area contributed by atoms with Crippen molar-refractivity contribution in [1.82, 2.24) is 15.1 Å². The minimum Gasteiger partial charge on any atom is -0.459 e. The first-order valence-corrected chi connectivity index (χ1v) is 10.3. The first-order chi connectivity index (χ1) is 12.7. The fourth-order valence-electron chi connectivity index (χ4n) is 3.45. The minimum absolute atomic E-state index is 0. The Bertz CT molecular complexity index is 612. The zero-order chi connectivity index (χ0) is 18.4. The summed E-state index contributed by atoms with van der Waals surface area (Å²) in [5, 5.41) is 3.55.